The summed E-state index contributed by atoms with van der Waals surface area (Å²) >= 11 is 0. The normalized spacial score (nSPS) is 33.3. The van der Waals surface area contributed by atoms with Crippen LogP contribution in [0.3, 0.4) is 0 Å². The van der Waals surface area contributed by atoms with Crippen molar-refractivity contribution in [1.29, 1.82) is 0 Å². The molecule has 0 saturated heterocycles. The summed E-state index contributed by atoms with van der Waals surface area (Å²) in [5.41, 5.74) is 5.86. The van der Waals surface area contributed by atoms with Crippen molar-refractivity contribution in [3.63, 3.8) is 0 Å². The zero-order chi connectivity index (χ0) is 12.3. The molecule has 3 atom stereocenters. The standard InChI is InChI=1S/C11H22N2O3/c1-8(14)13(3)7-16-10-5-11(2,12)9(10)6-15-4/h9-10H,5-7,12H2,1-4H3/t9?,10?,11-/m1/s1. The van der Waals surface area contributed by atoms with Crippen LogP contribution in [0.2, 0.25) is 0 Å². The maximum atomic E-state index is 11.0. The van der Waals surface area contributed by atoms with Crippen LogP contribution in [0.4, 0.5) is 0 Å². The lowest BCUT2D eigenvalue weighted by atomic mass is 9.66. The molecule has 0 bridgehead atoms. The molecule has 94 valence electrons. The van der Waals surface area contributed by atoms with Gasteiger partial charge in [-0.2, -0.15) is 0 Å². The molecule has 0 aromatic heterocycles. The van der Waals surface area contributed by atoms with Crippen molar-refractivity contribution in [3.05, 3.63) is 0 Å². The average Bonchev–Trinajstić information content (AvgIpc) is 2.20. The lowest BCUT2D eigenvalue weighted by Gasteiger charge is -2.50. The summed E-state index contributed by atoms with van der Waals surface area (Å²) in [6.07, 6.45) is 0.906. The van der Waals surface area contributed by atoms with Crippen LogP contribution in [0.25, 0.3) is 0 Å². The number of carbonyl (C=O) groups is 1. The van der Waals surface area contributed by atoms with Gasteiger partial charge in [-0.05, 0) is 13.3 Å². The number of carbonyl (C=O) groups excluding carboxylic acids is 1. The van der Waals surface area contributed by atoms with E-state index in [0.29, 0.717) is 13.3 Å². The fraction of sp³-hybridized carbons (Fsp3) is 0.909. The summed E-state index contributed by atoms with van der Waals surface area (Å²) in [7, 11) is 3.38. The lowest BCUT2D eigenvalue weighted by Crippen LogP contribution is -2.64. The molecule has 1 amide bonds. The van der Waals surface area contributed by atoms with Crippen LogP contribution in [0.5, 0.6) is 0 Å². The van der Waals surface area contributed by atoms with E-state index in [2.05, 4.69) is 0 Å². The number of ether oxygens (including phenoxy) is 2. The summed E-state index contributed by atoms with van der Waals surface area (Å²) in [5.74, 6) is 0.205. The Morgan fingerprint density at radius 3 is 2.69 bits per heavy atom. The van der Waals surface area contributed by atoms with Crippen LogP contribution in [-0.4, -0.2) is 49.9 Å². The molecule has 0 radical (unpaired) electrons. The van der Waals surface area contributed by atoms with Crippen LogP contribution in [-0.2, 0) is 14.3 Å². The number of nitrogens with two attached hydrogens (primary N) is 1. The first-order valence-corrected chi connectivity index (χ1v) is 5.49. The first kappa shape index (κ1) is 13.4. The molecule has 0 spiro atoms. The SMILES string of the molecule is COCC1C(OCN(C)C(C)=O)C[C@@]1(C)N. The minimum absolute atomic E-state index is 0.00174. The molecule has 0 heterocycles. The number of hydrogen-bond donors (Lipinski definition) is 1. The van der Waals surface area contributed by atoms with E-state index in [1.54, 1.807) is 14.2 Å². The summed E-state index contributed by atoms with van der Waals surface area (Å²) in [6, 6.07) is 0. The van der Waals surface area contributed by atoms with Gasteiger partial charge in [0.15, 0.2) is 0 Å². The van der Waals surface area contributed by atoms with Crippen molar-refractivity contribution in [1.82, 2.24) is 4.90 Å². The van der Waals surface area contributed by atoms with E-state index in [1.807, 2.05) is 6.92 Å². The second kappa shape index (κ2) is 5.12. The number of methoxy groups -OCH3 is 1. The maximum absolute atomic E-state index is 11.0. The van der Waals surface area contributed by atoms with Gasteiger partial charge < -0.3 is 20.1 Å². The lowest BCUT2D eigenvalue weighted by molar-refractivity contribution is -0.153. The molecule has 1 fully saturated rings. The first-order chi connectivity index (χ1) is 7.38. The summed E-state index contributed by atoms with van der Waals surface area (Å²) in [4.78, 5) is 12.5. The minimum atomic E-state index is -0.213. The second-order valence-corrected chi connectivity index (χ2v) is 4.82. The highest BCUT2D eigenvalue weighted by atomic mass is 16.5. The summed E-state index contributed by atoms with van der Waals surface area (Å²) < 4.78 is 10.8. The zero-order valence-corrected chi connectivity index (χ0v) is 10.5. The van der Waals surface area contributed by atoms with Gasteiger partial charge in [0.1, 0.15) is 6.73 Å². The van der Waals surface area contributed by atoms with Gasteiger partial charge >= 0.3 is 0 Å². The highest BCUT2D eigenvalue weighted by Crippen LogP contribution is 2.38. The quantitative estimate of drug-likeness (QED) is 0.685. The van der Waals surface area contributed by atoms with Crippen LogP contribution >= 0.6 is 0 Å². The first-order valence-electron chi connectivity index (χ1n) is 5.49. The van der Waals surface area contributed by atoms with E-state index >= 15 is 0 Å². The molecule has 1 aliphatic carbocycles. The van der Waals surface area contributed by atoms with Gasteiger partial charge in [0.05, 0.1) is 12.7 Å². The van der Waals surface area contributed by atoms with E-state index in [0.717, 1.165) is 6.42 Å². The van der Waals surface area contributed by atoms with Gasteiger partial charge in [-0.25, -0.2) is 0 Å². The van der Waals surface area contributed by atoms with E-state index < -0.39 is 0 Å². The molecule has 5 heteroatoms. The zero-order valence-electron chi connectivity index (χ0n) is 10.5. The van der Waals surface area contributed by atoms with Crippen molar-refractivity contribution >= 4 is 5.91 Å². The molecular formula is C11H22N2O3. The van der Waals surface area contributed by atoms with Crippen molar-refractivity contribution in [2.24, 2.45) is 11.7 Å². The second-order valence-electron chi connectivity index (χ2n) is 4.82. The van der Waals surface area contributed by atoms with Crippen LogP contribution in [0.15, 0.2) is 0 Å². The van der Waals surface area contributed by atoms with E-state index in [1.165, 1.54) is 11.8 Å². The Bertz CT molecular complexity index is 256. The Labute approximate surface area is 96.9 Å². The van der Waals surface area contributed by atoms with Gasteiger partial charge in [0, 0.05) is 32.5 Å². The van der Waals surface area contributed by atoms with Crippen molar-refractivity contribution in [2.75, 3.05) is 27.5 Å². The molecule has 16 heavy (non-hydrogen) atoms. The molecule has 1 rings (SSSR count). The molecule has 1 saturated carbocycles. The van der Waals surface area contributed by atoms with Gasteiger partial charge in [-0.1, -0.05) is 0 Å². The smallest absolute Gasteiger partial charge is 0.220 e. The topological polar surface area (TPSA) is 64.8 Å². The van der Waals surface area contributed by atoms with E-state index in [-0.39, 0.29) is 23.5 Å². The number of hydrogen-bond acceptors (Lipinski definition) is 4. The van der Waals surface area contributed by atoms with Crippen molar-refractivity contribution in [3.8, 4) is 0 Å². The fourth-order valence-corrected chi connectivity index (χ4v) is 1.94. The molecular weight excluding hydrogens is 208 g/mol. The van der Waals surface area contributed by atoms with Crippen LogP contribution in [0, 0.1) is 5.92 Å². The highest BCUT2D eigenvalue weighted by Gasteiger charge is 2.48. The Kier molecular flexibility index (Phi) is 4.29. The Morgan fingerprint density at radius 1 is 1.62 bits per heavy atom. The average molecular weight is 230 g/mol. The fourth-order valence-electron chi connectivity index (χ4n) is 1.94. The largest absolute Gasteiger partial charge is 0.384 e. The molecule has 1 aliphatic rings. The molecule has 5 nitrogen and oxygen atoms in total. The predicted octanol–water partition coefficient (Wildman–Crippen LogP) is 0.191. The third-order valence-electron chi connectivity index (χ3n) is 3.30. The van der Waals surface area contributed by atoms with Crippen LogP contribution < -0.4 is 5.73 Å². The Balaban J connectivity index is 2.36. The van der Waals surface area contributed by atoms with Gasteiger partial charge in [-0.15, -0.1) is 0 Å². The van der Waals surface area contributed by atoms with Gasteiger partial charge in [0.2, 0.25) is 5.91 Å². The van der Waals surface area contributed by atoms with E-state index in [9.17, 15) is 4.79 Å². The van der Waals surface area contributed by atoms with Gasteiger partial charge in [-0.3, -0.25) is 4.79 Å². The number of rotatable bonds is 5. The van der Waals surface area contributed by atoms with E-state index in [4.69, 9.17) is 15.2 Å². The highest BCUT2D eigenvalue weighted by molar-refractivity contribution is 5.72. The Hall–Kier alpha value is -0.650. The molecule has 0 aromatic rings. The molecule has 2 unspecified atom stereocenters. The molecule has 2 N–H and O–H groups in total. The number of nitrogens with zero attached hydrogens (tertiary/aromatic N) is 1. The maximum Gasteiger partial charge on any atom is 0.220 e. The number of amides is 1. The third-order valence-corrected chi connectivity index (χ3v) is 3.30. The third kappa shape index (κ3) is 2.93. The monoisotopic (exact) mass is 230 g/mol. The summed E-state index contributed by atoms with van der Waals surface area (Å²) in [5, 5.41) is 0. The van der Waals surface area contributed by atoms with Gasteiger partial charge in [0.25, 0.3) is 0 Å². The molecule has 0 aromatic carbocycles. The predicted molar refractivity (Wildman–Crippen MR) is 60.8 cm³/mol. The van der Waals surface area contributed by atoms with Crippen molar-refractivity contribution in [2.45, 2.75) is 31.9 Å². The minimum Gasteiger partial charge on any atom is -0.384 e. The summed E-state index contributed by atoms with van der Waals surface area (Å²) in [6.45, 7) is 4.44. The van der Waals surface area contributed by atoms with Crippen LogP contribution in [0.1, 0.15) is 20.3 Å². The Morgan fingerprint density at radius 2 is 2.25 bits per heavy atom. The molecule has 0 aliphatic heterocycles. The van der Waals surface area contributed by atoms with Crippen molar-refractivity contribution < 1.29 is 14.3 Å².